The summed E-state index contributed by atoms with van der Waals surface area (Å²) in [5, 5.41) is 2.26. The van der Waals surface area contributed by atoms with Crippen molar-refractivity contribution in [3.63, 3.8) is 0 Å². The average Bonchev–Trinajstić information content (AvgIpc) is 2.38. The third-order valence-corrected chi connectivity index (χ3v) is 2.28. The molecule has 126 valence electrons. The number of benzene rings is 1. The maximum Gasteiger partial charge on any atom is 0.422 e. The molecular formula is C12H15ClF4N2O3. The maximum atomic E-state index is 13.1. The number of ether oxygens (including phenoxy) is 2. The van der Waals surface area contributed by atoms with Crippen LogP contribution in [0.15, 0.2) is 18.2 Å². The van der Waals surface area contributed by atoms with E-state index in [2.05, 4.69) is 14.8 Å². The van der Waals surface area contributed by atoms with E-state index < -0.39 is 36.3 Å². The molecule has 1 aromatic rings. The van der Waals surface area contributed by atoms with Crippen molar-refractivity contribution < 1.29 is 31.8 Å². The Balaban J connectivity index is 0.00000441. The van der Waals surface area contributed by atoms with E-state index in [4.69, 9.17) is 5.73 Å². The number of methoxy groups -OCH3 is 1. The Bertz CT molecular complexity index is 500. The fraction of sp³-hybridized carbons (Fsp3) is 0.417. The lowest BCUT2D eigenvalue weighted by Gasteiger charge is -2.16. The number of nitrogens with one attached hydrogen (secondary N) is 1. The number of rotatable bonds is 6. The molecule has 0 aromatic heterocycles. The van der Waals surface area contributed by atoms with Crippen molar-refractivity contribution in [2.45, 2.75) is 12.2 Å². The number of amides is 1. The highest BCUT2D eigenvalue weighted by atomic mass is 35.5. The normalized spacial score (nSPS) is 12.3. The summed E-state index contributed by atoms with van der Waals surface area (Å²) in [4.78, 5) is 11.7. The van der Waals surface area contributed by atoms with Crippen LogP contribution in [0.3, 0.4) is 0 Å². The summed E-state index contributed by atoms with van der Waals surface area (Å²) in [7, 11) is 1.34. The molecule has 5 nitrogen and oxygen atoms in total. The number of hydrogen-bond acceptors (Lipinski definition) is 4. The standard InChI is InChI=1S/C12H14F4N2O3.ClH/c1-20-5-8(17)11(19)18-9-3-2-7(13)4-10(9)21-6-12(14,15)16;/h2-4,8H,5-6,17H2,1H3,(H,18,19);1H. The second-order valence-electron chi connectivity index (χ2n) is 4.10. The van der Waals surface area contributed by atoms with Crippen LogP contribution in [0.4, 0.5) is 23.2 Å². The summed E-state index contributed by atoms with van der Waals surface area (Å²) in [5.74, 6) is -1.93. The van der Waals surface area contributed by atoms with Gasteiger partial charge in [-0.15, -0.1) is 12.4 Å². The first-order chi connectivity index (χ1) is 9.73. The molecule has 1 aromatic carbocycles. The zero-order chi connectivity index (χ0) is 16.0. The molecule has 0 bridgehead atoms. The number of carbonyl (C=O) groups is 1. The van der Waals surface area contributed by atoms with Gasteiger partial charge in [0.15, 0.2) is 6.61 Å². The van der Waals surface area contributed by atoms with Gasteiger partial charge in [-0.25, -0.2) is 4.39 Å². The maximum absolute atomic E-state index is 13.1. The van der Waals surface area contributed by atoms with Gasteiger partial charge in [-0.2, -0.15) is 13.2 Å². The first-order valence-electron chi connectivity index (χ1n) is 5.77. The smallest absolute Gasteiger partial charge is 0.422 e. The van der Waals surface area contributed by atoms with E-state index >= 15 is 0 Å². The molecule has 1 rings (SSSR count). The van der Waals surface area contributed by atoms with Crippen molar-refractivity contribution in [2.24, 2.45) is 5.73 Å². The van der Waals surface area contributed by atoms with Crippen molar-refractivity contribution in [3.8, 4) is 5.75 Å². The molecule has 3 N–H and O–H groups in total. The number of halogens is 5. The van der Waals surface area contributed by atoms with E-state index in [-0.39, 0.29) is 24.7 Å². The molecule has 0 aliphatic carbocycles. The number of nitrogens with two attached hydrogens (primary N) is 1. The largest absolute Gasteiger partial charge is 0.482 e. The van der Waals surface area contributed by atoms with E-state index in [0.29, 0.717) is 0 Å². The zero-order valence-corrected chi connectivity index (χ0v) is 12.3. The highest BCUT2D eigenvalue weighted by Gasteiger charge is 2.29. The quantitative estimate of drug-likeness (QED) is 0.774. The van der Waals surface area contributed by atoms with Crippen molar-refractivity contribution in [1.82, 2.24) is 0 Å². The first kappa shape index (κ1) is 20.4. The van der Waals surface area contributed by atoms with E-state index in [1.807, 2.05) is 0 Å². The number of anilines is 1. The van der Waals surface area contributed by atoms with E-state index in [1.54, 1.807) is 0 Å². The molecule has 0 radical (unpaired) electrons. The highest BCUT2D eigenvalue weighted by molar-refractivity contribution is 5.96. The molecule has 0 saturated carbocycles. The molecule has 0 fully saturated rings. The summed E-state index contributed by atoms with van der Waals surface area (Å²) in [6, 6.07) is 1.77. The molecule has 0 aliphatic heterocycles. The summed E-state index contributed by atoms with van der Waals surface area (Å²) in [6.45, 7) is -1.69. The number of alkyl halides is 3. The first-order valence-corrected chi connectivity index (χ1v) is 5.77. The fourth-order valence-electron chi connectivity index (χ4n) is 1.36. The van der Waals surface area contributed by atoms with Crippen LogP contribution < -0.4 is 15.8 Å². The average molecular weight is 347 g/mol. The zero-order valence-electron chi connectivity index (χ0n) is 11.4. The van der Waals surface area contributed by atoms with Gasteiger partial charge in [-0.1, -0.05) is 0 Å². The van der Waals surface area contributed by atoms with Crippen LogP contribution in [0.5, 0.6) is 5.75 Å². The van der Waals surface area contributed by atoms with Crippen LogP contribution >= 0.6 is 12.4 Å². The molecule has 10 heteroatoms. The van der Waals surface area contributed by atoms with Crippen molar-refractivity contribution in [2.75, 3.05) is 25.6 Å². The Hall–Kier alpha value is -1.58. The third kappa shape index (κ3) is 6.92. The minimum Gasteiger partial charge on any atom is -0.482 e. The lowest BCUT2D eigenvalue weighted by atomic mass is 10.2. The van der Waals surface area contributed by atoms with Gasteiger partial charge in [0.25, 0.3) is 0 Å². The van der Waals surface area contributed by atoms with Gasteiger partial charge in [-0.05, 0) is 12.1 Å². The Morgan fingerprint density at radius 1 is 1.41 bits per heavy atom. The Morgan fingerprint density at radius 3 is 2.59 bits per heavy atom. The summed E-state index contributed by atoms with van der Waals surface area (Å²) >= 11 is 0. The van der Waals surface area contributed by atoms with Gasteiger partial charge in [0.1, 0.15) is 17.6 Å². The SMILES string of the molecule is COCC(N)C(=O)Nc1ccc(F)cc1OCC(F)(F)F.Cl. The van der Waals surface area contributed by atoms with Gasteiger partial charge < -0.3 is 20.5 Å². The van der Waals surface area contributed by atoms with Gasteiger partial charge >= 0.3 is 6.18 Å². The molecule has 0 saturated heterocycles. The summed E-state index contributed by atoms with van der Waals surface area (Å²) < 4.78 is 58.6. The minimum absolute atomic E-state index is 0. The van der Waals surface area contributed by atoms with Crippen LogP contribution in [-0.4, -0.2) is 38.4 Å². The van der Waals surface area contributed by atoms with Gasteiger partial charge in [0, 0.05) is 13.2 Å². The summed E-state index contributed by atoms with van der Waals surface area (Å²) in [5.41, 5.74) is 5.35. The Morgan fingerprint density at radius 2 is 2.05 bits per heavy atom. The molecule has 1 unspecified atom stereocenters. The molecule has 1 amide bonds. The predicted octanol–water partition coefficient (Wildman–Crippen LogP) is 2.10. The Kier molecular flexibility index (Phi) is 8.13. The van der Waals surface area contributed by atoms with Crippen molar-refractivity contribution in [1.29, 1.82) is 0 Å². The summed E-state index contributed by atoms with van der Waals surface area (Å²) in [6.07, 6.45) is -4.58. The van der Waals surface area contributed by atoms with E-state index in [9.17, 15) is 22.4 Å². The fourth-order valence-corrected chi connectivity index (χ4v) is 1.36. The minimum atomic E-state index is -4.58. The van der Waals surface area contributed by atoms with Gasteiger partial charge in [-0.3, -0.25) is 4.79 Å². The van der Waals surface area contributed by atoms with Gasteiger partial charge in [0.05, 0.1) is 12.3 Å². The van der Waals surface area contributed by atoms with Crippen LogP contribution in [-0.2, 0) is 9.53 Å². The van der Waals surface area contributed by atoms with Crippen LogP contribution in [0, 0.1) is 5.82 Å². The lowest BCUT2D eigenvalue weighted by Crippen LogP contribution is -2.39. The monoisotopic (exact) mass is 346 g/mol. The Labute approximate surface area is 130 Å². The van der Waals surface area contributed by atoms with Crippen LogP contribution in [0.2, 0.25) is 0 Å². The second-order valence-corrected chi connectivity index (χ2v) is 4.10. The third-order valence-electron chi connectivity index (χ3n) is 2.28. The van der Waals surface area contributed by atoms with E-state index in [1.165, 1.54) is 7.11 Å². The van der Waals surface area contributed by atoms with Gasteiger partial charge in [0.2, 0.25) is 5.91 Å². The molecule has 0 aliphatic rings. The number of carbonyl (C=O) groups excluding carboxylic acids is 1. The van der Waals surface area contributed by atoms with Crippen molar-refractivity contribution >= 4 is 24.0 Å². The van der Waals surface area contributed by atoms with Crippen LogP contribution in [0.1, 0.15) is 0 Å². The van der Waals surface area contributed by atoms with Crippen LogP contribution in [0.25, 0.3) is 0 Å². The molecule has 0 heterocycles. The molecule has 1 atom stereocenters. The number of hydrogen-bond donors (Lipinski definition) is 2. The van der Waals surface area contributed by atoms with E-state index in [0.717, 1.165) is 18.2 Å². The molecule has 22 heavy (non-hydrogen) atoms. The lowest BCUT2D eigenvalue weighted by molar-refractivity contribution is -0.153. The molecule has 0 spiro atoms. The second kappa shape index (κ2) is 8.76. The predicted molar refractivity (Wildman–Crippen MR) is 73.7 cm³/mol. The topological polar surface area (TPSA) is 73.6 Å². The van der Waals surface area contributed by atoms with Crippen molar-refractivity contribution in [3.05, 3.63) is 24.0 Å². The highest BCUT2D eigenvalue weighted by Crippen LogP contribution is 2.27. The molecular weight excluding hydrogens is 332 g/mol.